The molecule has 1 N–H and O–H groups in total. The molecule has 0 bridgehead atoms. The molecule has 1 amide bonds. The minimum absolute atomic E-state index is 0.119. The molecule has 7 nitrogen and oxygen atoms in total. The highest BCUT2D eigenvalue weighted by atomic mass is 16.1. The predicted molar refractivity (Wildman–Crippen MR) is 131 cm³/mol. The lowest BCUT2D eigenvalue weighted by Crippen LogP contribution is -2.47. The molecule has 1 aliphatic carbocycles. The highest BCUT2D eigenvalue weighted by Crippen LogP contribution is 2.30. The Balaban J connectivity index is 1.29. The molecule has 0 spiro atoms. The third-order valence-corrected chi connectivity index (χ3v) is 6.52. The number of amides is 1. The minimum atomic E-state index is -0.146. The fourth-order valence-corrected chi connectivity index (χ4v) is 4.58. The molecule has 0 unspecified atom stereocenters. The number of nitrogens with one attached hydrogen (secondary N) is 1. The van der Waals surface area contributed by atoms with Crippen LogP contribution in [-0.2, 0) is 0 Å². The summed E-state index contributed by atoms with van der Waals surface area (Å²) in [5, 5.41) is 7.56. The van der Waals surface area contributed by atoms with E-state index in [-0.39, 0.29) is 11.8 Å². The first-order valence-corrected chi connectivity index (χ1v) is 12.0. The lowest BCUT2D eigenvalue weighted by atomic mass is 10.1. The lowest BCUT2D eigenvalue weighted by Gasteiger charge is -2.36. The SMILES string of the molecule is CC(C)c1c(C(=O)Nc2cccc(N3CCN(CC4CC4)CC3)c2)cnn1-c1ccccn1. The molecule has 3 aromatic rings. The fraction of sp³-hybridized carbons (Fsp3) is 0.423. The number of rotatable bonds is 7. The Morgan fingerprint density at radius 1 is 1.09 bits per heavy atom. The maximum Gasteiger partial charge on any atom is 0.259 e. The van der Waals surface area contributed by atoms with Crippen LogP contribution in [0.1, 0.15) is 48.7 Å². The van der Waals surface area contributed by atoms with Crippen LogP contribution in [0.5, 0.6) is 0 Å². The zero-order valence-electron chi connectivity index (χ0n) is 19.4. The van der Waals surface area contributed by atoms with Crippen molar-refractivity contribution in [1.82, 2.24) is 19.7 Å². The molecular weight excluding hydrogens is 412 g/mol. The maximum atomic E-state index is 13.2. The van der Waals surface area contributed by atoms with Gasteiger partial charge in [0.2, 0.25) is 0 Å². The van der Waals surface area contributed by atoms with Gasteiger partial charge in [-0.1, -0.05) is 26.0 Å². The van der Waals surface area contributed by atoms with Crippen LogP contribution in [0.25, 0.3) is 5.82 Å². The largest absolute Gasteiger partial charge is 0.369 e. The van der Waals surface area contributed by atoms with Gasteiger partial charge in [-0.15, -0.1) is 0 Å². The van der Waals surface area contributed by atoms with E-state index in [0.29, 0.717) is 11.4 Å². The molecule has 0 radical (unpaired) electrons. The number of hydrogen-bond acceptors (Lipinski definition) is 5. The van der Waals surface area contributed by atoms with Gasteiger partial charge < -0.3 is 10.2 Å². The van der Waals surface area contributed by atoms with Gasteiger partial charge in [-0.3, -0.25) is 9.69 Å². The fourth-order valence-electron chi connectivity index (χ4n) is 4.58. The van der Waals surface area contributed by atoms with Crippen LogP contribution in [0.15, 0.2) is 54.9 Å². The summed E-state index contributed by atoms with van der Waals surface area (Å²) in [5.74, 6) is 1.62. The summed E-state index contributed by atoms with van der Waals surface area (Å²) < 4.78 is 1.76. The van der Waals surface area contributed by atoms with E-state index in [4.69, 9.17) is 0 Å². The first-order chi connectivity index (χ1) is 16.1. The Morgan fingerprint density at radius 3 is 2.61 bits per heavy atom. The van der Waals surface area contributed by atoms with Gasteiger partial charge in [0.1, 0.15) is 0 Å². The molecule has 2 aromatic heterocycles. The summed E-state index contributed by atoms with van der Waals surface area (Å²) in [6.45, 7) is 9.66. The molecule has 1 aromatic carbocycles. The van der Waals surface area contributed by atoms with Gasteiger partial charge in [-0.2, -0.15) is 5.10 Å². The van der Waals surface area contributed by atoms with Gasteiger partial charge in [0.15, 0.2) is 5.82 Å². The second-order valence-electron chi connectivity index (χ2n) is 9.43. The topological polar surface area (TPSA) is 66.3 Å². The molecule has 0 atom stereocenters. The van der Waals surface area contributed by atoms with E-state index in [9.17, 15) is 4.79 Å². The highest BCUT2D eigenvalue weighted by molar-refractivity contribution is 6.05. The molecule has 1 saturated heterocycles. The standard InChI is InChI=1S/C26H32N6O/c1-19(2)25-23(17-28-32(25)24-8-3-4-11-27-24)26(33)29-21-6-5-7-22(16-21)31-14-12-30(13-15-31)18-20-9-10-20/h3-8,11,16-17,19-20H,9-10,12-15,18H2,1-2H3,(H,29,33). The van der Waals surface area contributed by atoms with Crippen LogP contribution in [0.4, 0.5) is 11.4 Å². The zero-order chi connectivity index (χ0) is 22.8. The Bertz CT molecular complexity index is 1100. The van der Waals surface area contributed by atoms with E-state index in [2.05, 4.69) is 51.2 Å². The second-order valence-corrected chi connectivity index (χ2v) is 9.43. The van der Waals surface area contributed by atoms with Crippen molar-refractivity contribution in [2.24, 2.45) is 5.92 Å². The minimum Gasteiger partial charge on any atom is -0.369 e. The number of nitrogens with zero attached hydrogens (tertiary/aromatic N) is 5. The zero-order valence-corrected chi connectivity index (χ0v) is 19.4. The third kappa shape index (κ3) is 4.93. The summed E-state index contributed by atoms with van der Waals surface area (Å²) in [6.07, 6.45) is 6.18. The average Bonchev–Trinajstić information content (AvgIpc) is 3.53. The monoisotopic (exact) mass is 444 g/mol. The summed E-state index contributed by atoms with van der Waals surface area (Å²) in [5.41, 5.74) is 3.40. The Hall–Kier alpha value is -3.19. The molecule has 172 valence electrons. The molecule has 1 aliphatic heterocycles. The first-order valence-electron chi connectivity index (χ1n) is 12.0. The Morgan fingerprint density at radius 2 is 1.91 bits per heavy atom. The number of carbonyl (C=O) groups is 1. The van der Waals surface area contributed by atoms with E-state index < -0.39 is 0 Å². The average molecular weight is 445 g/mol. The summed E-state index contributed by atoms with van der Waals surface area (Å²) in [6, 6.07) is 13.9. The smallest absolute Gasteiger partial charge is 0.259 e. The highest BCUT2D eigenvalue weighted by Gasteiger charge is 2.26. The van der Waals surface area contributed by atoms with Gasteiger partial charge in [-0.25, -0.2) is 9.67 Å². The van der Waals surface area contributed by atoms with Crippen molar-refractivity contribution in [2.75, 3.05) is 42.9 Å². The van der Waals surface area contributed by atoms with Gasteiger partial charge in [0.25, 0.3) is 5.91 Å². The van der Waals surface area contributed by atoms with Gasteiger partial charge >= 0.3 is 0 Å². The Labute approximate surface area is 195 Å². The van der Waals surface area contributed by atoms with Crippen molar-refractivity contribution < 1.29 is 4.79 Å². The van der Waals surface area contributed by atoms with Gasteiger partial charge in [-0.05, 0) is 55.0 Å². The molecule has 3 heterocycles. The summed E-state index contributed by atoms with van der Waals surface area (Å²) >= 11 is 0. The number of carbonyl (C=O) groups excluding carboxylic acids is 1. The quantitative estimate of drug-likeness (QED) is 0.592. The molecule has 7 heteroatoms. The number of anilines is 2. The molecule has 33 heavy (non-hydrogen) atoms. The van der Waals surface area contributed by atoms with Crippen molar-refractivity contribution in [1.29, 1.82) is 0 Å². The number of piperazine rings is 1. The Kier molecular flexibility index (Phi) is 6.13. The normalized spacial score (nSPS) is 16.9. The maximum absolute atomic E-state index is 13.2. The van der Waals surface area contributed by atoms with Crippen molar-refractivity contribution in [3.05, 3.63) is 66.1 Å². The van der Waals surface area contributed by atoms with E-state index in [1.54, 1.807) is 17.1 Å². The molecule has 2 fully saturated rings. The number of benzene rings is 1. The predicted octanol–water partition coefficient (Wildman–Crippen LogP) is 4.18. The molecule has 2 aliphatic rings. The van der Waals surface area contributed by atoms with E-state index in [1.165, 1.54) is 19.4 Å². The summed E-state index contributed by atoms with van der Waals surface area (Å²) in [7, 11) is 0. The second kappa shape index (κ2) is 9.35. The molecular formula is C26H32N6O. The number of hydrogen-bond donors (Lipinski definition) is 1. The lowest BCUT2D eigenvalue weighted by molar-refractivity contribution is 0.102. The number of aromatic nitrogens is 3. The van der Waals surface area contributed by atoms with Crippen molar-refractivity contribution in [3.63, 3.8) is 0 Å². The van der Waals surface area contributed by atoms with Crippen molar-refractivity contribution in [3.8, 4) is 5.82 Å². The van der Waals surface area contributed by atoms with Crippen LogP contribution < -0.4 is 10.2 Å². The van der Waals surface area contributed by atoms with E-state index in [0.717, 1.165) is 49.2 Å². The molecule has 5 rings (SSSR count). The van der Waals surface area contributed by atoms with Gasteiger partial charge in [0, 0.05) is 50.3 Å². The van der Waals surface area contributed by atoms with Crippen LogP contribution in [-0.4, -0.2) is 58.3 Å². The van der Waals surface area contributed by atoms with Gasteiger partial charge in [0.05, 0.1) is 17.5 Å². The third-order valence-electron chi connectivity index (χ3n) is 6.52. The van der Waals surface area contributed by atoms with E-state index in [1.807, 2.05) is 30.3 Å². The van der Waals surface area contributed by atoms with Crippen LogP contribution in [0.2, 0.25) is 0 Å². The first kappa shape index (κ1) is 21.6. The summed E-state index contributed by atoms with van der Waals surface area (Å²) in [4.78, 5) is 22.6. The van der Waals surface area contributed by atoms with Crippen molar-refractivity contribution >= 4 is 17.3 Å². The molecule has 1 saturated carbocycles. The van der Waals surface area contributed by atoms with Crippen LogP contribution in [0, 0.1) is 5.92 Å². The van der Waals surface area contributed by atoms with Crippen molar-refractivity contribution in [2.45, 2.75) is 32.6 Å². The van der Waals surface area contributed by atoms with Crippen LogP contribution >= 0.6 is 0 Å². The number of pyridine rings is 1. The van der Waals surface area contributed by atoms with Crippen LogP contribution in [0.3, 0.4) is 0 Å². The van der Waals surface area contributed by atoms with E-state index >= 15 is 0 Å².